The lowest BCUT2D eigenvalue weighted by Crippen LogP contribution is -2.58. The normalized spacial score (nSPS) is 27.3. The minimum Gasteiger partial charge on any atom is -0.343 e. The van der Waals surface area contributed by atoms with Crippen LogP contribution in [0.15, 0.2) is 0 Å². The molecule has 2 amide bonds. The highest BCUT2D eigenvalue weighted by atomic mass is 16.2. The monoisotopic (exact) mass is 224 g/mol. The van der Waals surface area contributed by atoms with E-state index in [1.165, 1.54) is 25.7 Å². The van der Waals surface area contributed by atoms with E-state index in [0.717, 1.165) is 6.54 Å². The van der Waals surface area contributed by atoms with Gasteiger partial charge in [0, 0.05) is 6.54 Å². The Kier molecular flexibility index (Phi) is 3.46. The van der Waals surface area contributed by atoms with Crippen LogP contribution in [0, 0.1) is 5.92 Å². The summed E-state index contributed by atoms with van der Waals surface area (Å²) in [6, 6.07) is -0.289. The molecule has 0 bridgehead atoms. The molecule has 2 fully saturated rings. The van der Waals surface area contributed by atoms with Crippen molar-refractivity contribution in [1.82, 2.24) is 10.2 Å². The molecular formula is C12H20N2O2. The predicted molar refractivity (Wildman–Crippen MR) is 60.8 cm³/mol. The number of carbonyl (C=O) groups is 2. The molecule has 1 aliphatic heterocycles. The van der Waals surface area contributed by atoms with Crippen molar-refractivity contribution in [3.05, 3.63) is 0 Å². The lowest BCUT2D eigenvalue weighted by atomic mass is 10.1. The SMILES string of the molecule is CCC1NC(=O)CN(CC2CCCC2)C1=O. The fourth-order valence-electron chi connectivity index (χ4n) is 2.71. The maximum absolute atomic E-state index is 12.0. The Balaban J connectivity index is 1.95. The van der Waals surface area contributed by atoms with Crippen LogP contribution in [0.1, 0.15) is 39.0 Å². The molecule has 0 radical (unpaired) electrons. The fraction of sp³-hybridized carbons (Fsp3) is 0.833. The van der Waals surface area contributed by atoms with Crippen molar-refractivity contribution in [3.63, 3.8) is 0 Å². The number of amides is 2. The molecule has 90 valence electrons. The summed E-state index contributed by atoms with van der Waals surface area (Å²) < 4.78 is 0. The van der Waals surface area contributed by atoms with Gasteiger partial charge in [-0.25, -0.2) is 0 Å². The second-order valence-corrected chi connectivity index (χ2v) is 4.90. The van der Waals surface area contributed by atoms with Crippen molar-refractivity contribution in [1.29, 1.82) is 0 Å². The summed E-state index contributed by atoms with van der Waals surface area (Å²) in [6.07, 6.45) is 5.66. The Hall–Kier alpha value is -1.06. The van der Waals surface area contributed by atoms with Gasteiger partial charge in [-0.1, -0.05) is 19.8 Å². The van der Waals surface area contributed by atoms with Gasteiger partial charge in [0.2, 0.25) is 11.8 Å². The third-order valence-corrected chi connectivity index (χ3v) is 3.64. The van der Waals surface area contributed by atoms with Crippen LogP contribution >= 0.6 is 0 Å². The number of hydrogen-bond donors (Lipinski definition) is 1. The zero-order valence-electron chi connectivity index (χ0n) is 9.87. The molecule has 4 nitrogen and oxygen atoms in total. The van der Waals surface area contributed by atoms with Crippen molar-refractivity contribution in [3.8, 4) is 0 Å². The fourth-order valence-corrected chi connectivity index (χ4v) is 2.71. The largest absolute Gasteiger partial charge is 0.343 e. The standard InChI is InChI=1S/C12H20N2O2/c1-2-10-12(16)14(8-11(15)13-10)7-9-5-3-4-6-9/h9-10H,2-8H2,1H3,(H,13,15). The minimum absolute atomic E-state index is 0.00977. The summed E-state index contributed by atoms with van der Waals surface area (Å²) in [7, 11) is 0. The zero-order valence-corrected chi connectivity index (χ0v) is 9.87. The lowest BCUT2D eigenvalue weighted by Gasteiger charge is -2.33. The van der Waals surface area contributed by atoms with Crippen molar-refractivity contribution in [2.75, 3.05) is 13.1 Å². The lowest BCUT2D eigenvalue weighted by molar-refractivity contribution is -0.144. The van der Waals surface area contributed by atoms with E-state index in [2.05, 4.69) is 5.32 Å². The first-order valence-electron chi connectivity index (χ1n) is 6.29. The summed E-state index contributed by atoms with van der Waals surface area (Å²) >= 11 is 0. The molecule has 0 aromatic heterocycles. The Bertz CT molecular complexity index is 285. The third kappa shape index (κ3) is 2.36. The molecule has 4 heteroatoms. The Morgan fingerprint density at radius 2 is 2.00 bits per heavy atom. The number of carbonyl (C=O) groups excluding carboxylic acids is 2. The van der Waals surface area contributed by atoms with Gasteiger partial charge in [0.15, 0.2) is 0 Å². The number of nitrogens with one attached hydrogen (secondary N) is 1. The maximum atomic E-state index is 12.0. The van der Waals surface area contributed by atoms with Crippen LogP contribution in [-0.4, -0.2) is 35.8 Å². The molecule has 1 atom stereocenters. The zero-order chi connectivity index (χ0) is 11.5. The average molecular weight is 224 g/mol. The minimum atomic E-state index is -0.289. The van der Waals surface area contributed by atoms with Crippen LogP contribution in [0.3, 0.4) is 0 Å². The van der Waals surface area contributed by atoms with Gasteiger partial charge in [0.25, 0.3) is 0 Å². The van der Waals surface area contributed by atoms with E-state index < -0.39 is 0 Å². The van der Waals surface area contributed by atoms with Gasteiger partial charge in [-0.05, 0) is 25.2 Å². The van der Waals surface area contributed by atoms with Gasteiger partial charge in [0.05, 0.1) is 6.54 Å². The molecule has 16 heavy (non-hydrogen) atoms. The molecule has 1 unspecified atom stereocenters. The van der Waals surface area contributed by atoms with Gasteiger partial charge in [-0.2, -0.15) is 0 Å². The average Bonchev–Trinajstić information content (AvgIpc) is 2.75. The number of rotatable bonds is 3. The van der Waals surface area contributed by atoms with Crippen LogP contribution in [0.4, 0.5) is 0 Å². The highest BCUT2D eigenvalue weighted by Crippen LogP contribution is 2.26. The van der Waals surface area contributed by atoms with E-state index in [1.54, 1.807) is 4.90 Å². The highest BCUT2D eigenvalue weighted by Gasteiger charge is 2.32. The second kappa shape index (κ2) is 4.85. The first kappa shape index (κ1) is 11.4. The number of hydrogen-bond acceptors (Lipinski definition) is 2. The third-order valence-electron chi connectivity index (χ3n) is 3.64. The molecule has 1 saturated heterocycles. The molecule has 1 heterocycles. The number of nitrogens with zero attached hydrogens (tertiary/aromatic N) is 1. The van der Waals surface area contributed by atoms with Gasteiger partial charge in [0.1, 0.15) is 6.04 Å². The van der Waals surface area contributed by atoms with Crippen LogP contribution < -0.4 is 5.32 Å². The molecule has 0 aromatic rings. The first-order chi connectivity index (χ1) is 7.70. The molecule has 0 spiro atoms. The summed E-state index contributed by atoms with van der Waals surface area (Å²) in [5.74, 6) is 0.714. The Labute approximate surface area is 96.4 Å². The van der Waals surface area contributed by atoms with Gasteiger partial charge < -0.3 is 10.2 Å². The summed E-state index contributed by atoms with van der Waals surface area (Å²) in [5.41, 5.74) is 0. The molecule has 1 N–H and O–H groups in total. The quantitative estimate of drug-likeness (QED) is 0.774. The first-order valence-corrected chi connectivity index (χ1v) is 6.29. The van der Waals surface area contributed by atoms with E-state index in [-0.39, 0.29) is 24.4 Å². The van der Waals surface area contributed by atoms with E-state index >= 15 is 0 Å². The van der Waals surface area contributed by atoms with Crippen LogP contribution in [0.2, 0.25) is 0 Å². The topological polar surface area (TPSA) is 49.4 Å². The summed E-state index contributed by atoms with van der Waals surface area (Å²) in [5, 5.41) is 2.74. The predicted octanol–water partition coefficient (Wildman–Crippen LogP) is 0.914. The Morgan fingerprint density at radius 3 is 2.62 bits per heavy atom. The maximum Gasteiger partial charge on any atom is 0.245 e. The van der Waals surface area contributed by atoms with Crippen molar-refractivity contribution >= 4 is 11.8 Å². The van der Waals surface area contributed by atoms with E-state index in [9.17, 15) is 9.59 Å². The molecule has 2 aliphatic rings. The van der Waals surface area contributed by atoms with E-state index in [1.807, 2.05) is 6.92 Å². The summed E-state index contributed by atoms with van der Waals surface area (Å²) in [6.45, 7) is 2.97. The summed E-state index contributed by atoms with van der Waals surface area (Å²) in [4.78, 5) is 25.2. The number of piperazine rings is 1. The van der Waals surface area contributed by atoms with Crippen molar-refractivity contribution < 1.29 is 9.59 Å². The smallest absolute Gasteiger partial charge is 0.245 e. The van der Waals surface area contributed by atoms with Gasteiger partial charge in [-0.3, -0.25) is 9.59 Å². The Morgan fingerprint density at radius 1 is 1.31 bits per heavy atom. The molecule has 2 rings (SSSR count). The molecule has 1 saturated carbocycles. The van der Waals surface area contributed by atoms with E-state index in [4.69, 9.17) is 0 Å². The second-order valence-electron chi connectivity index (χ2n) is 4.90. The van der Waals surface area contributed by atoms with Crippen LogP contribution in [-0.2, 0) is 9.59 Å². The van der Waals surface area contributed by atoms with Crippen LogP contribution in [0.25, 0.3) is 0 Å². The van der Waals surface area contributed by atoms with Crippen LogP contribution in [0.5, 0.6) is 0 Å². The van der Waals surface area contributed by atoms with Crippen molar-refractivity contribution in [2.24, 2.45) is 5.92 Å². The van der Waals surface area contributed by atoms with Crippen molar-refractivity contribution in [2.45, 2.75) is 45.1 Å². The molecule has 0 aromatic carbocycles. The highest BCUT2D eigenvalue weighted by molar-refractivity contribution is 5.94. The van der Waals surface area contributed by atoms with Gasteiger partial charge in [-0.15, -0.1) is 0 Å². The van der Waals surface area contributed by atoms with Gasteiger partial charge >= 0.3 is 0 Å². The molecule has 1 aliphatic carbocycles. The molecular weight excluding hydrogens is 204 g/mol. The van der Waals surface area contributed by atoms with E-state index in [0.29, 0.717) is 12.3 Å².